The normalized spacial score (nSPS) is 27.2. The predicted octanol–water partition coefficient (Wildman–Crippen LogP) is 3.14. The van der Waals surface area contributed by atoms with Gasteiger partial charge in [-0.1, -0.05) is 0 Å². The quantitative estimate of drug-likeness (QED) is 0.879. The third-order valence-electron chi connectivity index (χ3n) is 5.53. The Bertz CT molecular complexity index is 599. The van der Waals surface area contributed by atoms with Crippen LogP contribution >= 0.6 is 0 Å². The summed E-state index contributed by atoms with van der Waals surface area (Å²) in [5.41, 5.74) is 2.17. The molecule has 3 rings (SSSR count). The van der Waals surface area contributed by atoms with E-state index in [1.54, 1.807) is 19.1 Å². The molecule has 138 valence electrons. The van der Waals surface area contributed by atoms with E-state index in [0.717, 1.165) is 56.4 Å². The maximum atomic E-state index is 13.4. The summed E-state index contributed by atoms with van der Waals surface area (Å²) < 4.78 is 13.4. The maximum absolute atomic E-state index is 13.4. The van der Waals surface area contributed by atoms with Crippen LogP contribution < -0.4 is 15.5 Å². The summed E-state index contributed by atoms with van der Waals surface area (Å²) in [6, 6.07) is 6.47. The molecule has 25 heavy (non-hydrogen) atoms. The number of nitrogens with one attached hydrogen (secondary N) is 2. The van der Waals surface area contributed by atoms with E-state index in [4.69, 9.17) is 0 Å². The molecule has 1 heterocycles. The Hall–Kier alpha value is -1.62. The Morgan fingerprint density at radius 2 is 1.84 bits per heavy atom. The van der Waals surface area contributed by atoms with Crippen LogP contribution in [0.5, 0.6) is 0 Å². The molecule has 1 saturated heterocycles. The van der Waals surface area contributed by atoms with Crippen molar-refractivity contribution in [2.75, 3.05) is 18.0 Å². The van der Waals surface area contributed by atoms with Crippen molar-refractivity contribution in [1.29, 1.82) is 0 Å². The van der Waals surface area contributed by atoms with Crippen LogP contribution in [-0.4, -0.2) is 37.1 Å². The van der Waals surface area contributed by atoms with Crippen LogP contribution in [0, 0.1) is 12.7 Å². The third-order valence-corrected chi connectivity index (χ3v) is 5.53. The molecule has 2 N–H and O–H groups in total. The summed E-state index contributed by atoms with van der Waals surface area (Å²) in [4.78, 5) is 13.6. The van der Waals surface area contributed by atoms with Gasteiger partial charge < -0.3 is 15.5 Å². The molecule has 2 fully saturated rings. The van der Waals surface area contributed by atoms with E-state index in [9.17, 15) is 9.18 Å². The highest BCUT2D eigenvalue weighted by Crippen LogP contribution is 2.26. The van der Waals surface area contributed by atoms with Crippen LogP contribution in [-0.2, 0) is 4.79 Å². The fourth-order valence-corrected chi connectivity index (χ4v) is 4.33. The monoisotopic (exact) mass is 347 g/mol. The standard InChI is InChI=1S/C20H30FN3O/c1-14-12-16(21)5-10-20(14)24-11-3-4-19(13-24)23-18-8-6-17(7-9-18)22-15(2)25/h5,10,12,17-19,23H,3-4,6-9,11,13H2,1-2H3,(H,22,25)/t17?,18?,19-/m1/s1. The van der Waals surface area contributed by atoms with Gasteiger partial charge in [0.05, 0.1) is 0 Å². The van der Waals surface area contributed by atoms with E-state index in [0.29, 0.717) is 18.1 Å². The Morgan fingerprint density at radius 3 is 2.52 bits per heavy atom. The van der Waals surface area contributed by atoms with Crippen molar-refractivity contribution in [2.24, 2.45) is 0 Å². The van der Waals surface area contributed by atoms with Gasteiger partial charge in [0, 0.05) is 43.8 Å². The average molecular weight is 347 g/mol. The van der Waals surface area contributed by atoms with Crippen LogP contribution in [0.25, 0.3) is 0 Å². The van der Waals surface area contributed by atoms with Gasteiger partial charge in [-0.05, 0) is 69.2 Å². The first-order chi connectivity index (χ1) is 12.0. The lowest BCUT2D eigenvalue weighted by Gasteiger charge is -2.39. The van der Waals surface area contributed by atoms with Gasteiger partial charge in [0.25, 0.3) is 0 Å². The number of hydrogen-bond donors (Lipinski definition) is 2. The number of carbonyl (C=O) groups is 1. The average Bonchev–Trinajstić information content (AvgIpc) is 2.56. The summed E-state index contributed by atoms with van der Waals surface area (Å²) in [7, 11) is 0. The van der Waals surface area contributed by atoms with Crippen molar-refractivity contribution in [3.05, 3.63) is 29.6 Å². The van der Waals surface area contributed by atoms with Crippen molar-refractivity contribution in [3.63, 3.8) is 0 Å². The summed E-state index contributed by atoms with van der Waals surface area (Å²) in [6.45, 7) is 5.61. The molecule has 1 aromatic rings. The van der Waals surface area contributed by atoms with E-state index >= 15 is 0 Å². The molecule has 1 aliphatic heterocycles. The van der Waals surface area contributed by atoms with E-state index < -0.39 is 0 Å². The lowest BCUT2D eigenvalue weighted by atomic mass is 9.90. The molecule has 0 unspecified atom stereocenters. The smallest absolute Gasteiger partial charge is 0.217 e. The van der Waals surface area contributed by atoms with Crippen molar-refractivity contribution in [2.45, 2.75) is 70.5 Å². The first-order valence-electron chi connectivity index (χ1n) is 9.55. The molecule has 0 bridgehead atoms. The summed E-state index contributed by atoms with van der Waals surface area (Å²) >= 11 is 0. The Labute approximate surface area is 150 Å². The van der Waals surface area contributed by atoms with Crippen LogP contribution in [0.15, 0.2) is 18.2 Å². The minimum absolute atomic E-state index is 0.0778. The topological polar surface area (TPSA) is 44.4 Å². The molecule has 0 radical (unpaired) electrons. The minimum atomic E-state index is -0.163. The molecular formula is C20H30FN3O. The first-order valence-corrected chi connectivity index (χ1v) is 9.55. The number of aryl methyl sites for hydroxylation is 1. The van der Waals surface area contributed by atoms with E-state index in [2.05, 4.69) is 15.5 Å². The second-order valence-electron chi connectivity index (χ2n) is 7.63. The van der Waals surface area contributed by atoms with E-state index in [-0.39, 0.29) is 11.7 Å². The number of benzene rings is 1. The highest BCUT2D eigenvalue weighted by molar-refractivity contribution is 5.73. The molecule has 0 spiro atoms. The molecule has 1 aromatic carbocycles. The lowest BCUT2D eigenvalue weighted by molar-refractivity contribution is -0.119. The number of amides is 1. The number of piperidine rings is 1. The number of anilines is 1. The van der Waals surface area contributed by atoms with Crippen molar-refractivity contribution in [3.8, 4) is 0 Å². The maximum Gasteiger partial charge on any atom is 0.217 e. The fraction of sp³-hybridized carbons (Fsp3) is 0.650. The van der Waals surface area contributed by atoms with Gasteiger partial charge in [-0.2, -0.15) is 0 Å². The van der Waals surface area contributed by atoms with E-state index in [1.807, 2.05) is 13.0 Å². The van der Waals surface area contributed by atoms with Crippen molar-refractivity contribution in [1.82, 2.24) is 10.6 Å². The first kappa shape index (κ1) is 18.2. The number of rotatable bonds is 4. The zero-order chi connectivity index (χ0) is 17.8. The van der Waals surface area contributed by atoms with Gasteiger partial charge in [0.1, 0.15) is 5.82 Å². The molecule has 0 aromatic heterocycles. The summed E-state index contributed by atoms with van der Waals surface area (Å²) in [5, 5.41) is 6.87. The fourth-order valence-electron chi connectivity index (χ4n) is 4.33. The van der Waals surface area contributed by atoms with Crippen molar-refractivity contribution < 1.29 is 9.18 Å². The molecule has 1 atom stereocenters. The molecular weight excluding hydrogens is 317 g/mol. The van der Waals surface area contributed by atoms with Gasteiger partial charge in [-0.3, -0.25) is 4.79 Å². The second-order valence-corrected chi connectivity index (χ2v) is 7.63. The van der Waals surface area contributed by atoms with Gasteiger partial charge in [0.2, 0.25) is 5.91 Å². The number of hydrogen-bond acceptors (Lipinski definition) is 3. The Kier molecular flexibility index (Phi) is 5.94. The zero-order valence-electron chi connectivity index (χ0n) is 15.4. The molecule has 1 amide bonds. The molecule has 2 aliphatic rings. The lowest BCUT2D eigenvalue weighted by Crippen LogP contribution is -2.51. The largest absolute Gasteiger partial charge is 0.370 e. The van der Waals surface area contributed by atoms with Crippen LogP contribution in [0.2, 0.25) is 0 Å². The van der Waals surface area contributed by atoms with E-state index in [1.165, 1.54) is 6.42 Å². The van der Waals surface area contributed by atoms with Gasteiger partial charge >= 0.3 is 0 Å². The second kappa shape index (κ2) is 8.17. The minimum Gasteiger partial charge on any atom is -0.370 e. The summed E-state index contributed by atoms with van der Waals surface area (Å²) in [5.74, 6) is -0.0853. The third kappa shape index (κ3) is 4.94. The highest BCUT2D eigenvalue weighted by Gasteiger charge is 2.26. The highest BCUT2D eigenvalue weighted by atomic mass is 19.1. The molecule has 1 aliphatic carbocycles. The van der Waals surface area contributed by atoms with Crippen molar-refractivity contribution >= 4 is 11.6 Å². The SMILES string of the molecule is CC(=O)NC1CCC(N[C@@H]2CCCN(c3ccc(F)cc3C)C2)CC1. The number of carbonyl (C=O) groups excluding carboxylic acids is 1. The van der Waals surface area contributed by atoms with Gasteiger partial charge in [0.15, 0.2) is 0 Å². The predicted molar refractivity (Wildman–Crippen MR) is 99.4 cm³/mol. The van der Waals surface area contributed by atoms with Crippen LogP contribution in [0.1, 0.15) is 51.0 Å². The number of halogens is 1. The zero-order valence-corrected chi connectivity index (χ0v) is 15.4. The molecule has 4 nitrogen and oxygen atoms in total. The van der Waals surface area contributed by atoms with Crippen LogP contribution in [0.3, 0.4) is 0 Å². The summed E-state index contributed by atoms with van der Waals surface area (Å²) in [6.07, 6.45) is 6.72. The van der Waals surface area contributed by atoms with Gasteiger partial charge in [-0.25, -0.2) is 4.39 Å². The molecule has 1 saturated carbocycles. The Morgan fingerprint density at radius 1 is 1.12 bits per heavy atom. The van der Waals surface area contributed by atoms with Crippen LogP contribution in [0.4, 0.5) is 10.1 Å². The Balaban J connectivity index is 1.51. The van der Waals surface area contributed by atoms with Gasteiger partial charge in [-0.15, -0.1) is 0 Å². The molecule has 5 heteroatoms. The number of nitrogens with zero attached hydrogens (tertiary/aromatic N) is 1.